The van der Waals surface area contributed by atoms with Crippen molar-refractivity contribution in [2.75, 3.05) is 33.2 Å². The molecule has 0 aliphatic carbocycles. The molecule has 2 saturated heterocycles. The maximum Gasteiger partial charge on any atom is 0.410 e. The third kappa shape index (κ3) is 7.23. The van der Waals surface area contributed by atoms with Crippen LogP contribution in [0.1, 0.15) is 61.9 Å². The van der Waals surface area contributed by atoms with Crippen LogP contribution in [0.15, 0.2) is 42.5 Å². The molecule has 2 aromatic rings. The lowest BCUT2D eigenvalue weighted by Crippen LogP contribution is -2.54. The minimum absolute atomic E-state index is 0.0171. The normalized spacial score (nSPS) is 21.6. The molecule has 0 aromatic heterocycles. The molecule has 0 spiro atoms. The first-order valence-electron chi connectivity index (χ1n) is 13.6. The molecule has 0 radical (unpaired) electrons. The molecule has 7 nitrogen and oxygen atoms in total. The Balaban J connectivity index is 1.54. The van der Waals surface area contributed by atoms with Crippen molar-refractivity contribution in [2.45, 2.75) is 57.6 Å². The summed E-state index contributed by atoms with van der Waals surface area (Å²) in [6.07, 6.45) is 1.65. The number of likely N-dealkylation sites (tertiary alicyclic amines) is 2. The van der Waals surface area contributed by atoms with Crippen LogP contribution in [-0.2, 0) is 9.53 Å². The van der Waals surface area contributed by atoms with Crippen LogP contribution in [0.5, 0.6) is 0 Å². The number of ether oxygens (including phenoxy) is 1. The van der Waals surface area contributed by atoms with E-state index in [0.717, 1.165) is 12.0 Å². The number of hydrogen-bond acceptors (Lipinski definition) is 4. The van der Waals surface area contributed by atoms with Gasteiger partial charge in [-0.05, 0) is 82.0 Å². The van der Waals surface area contributed by atoms with Gasteiger partial charge in [-0.3, -0.25) is 9.59 Å². The van der Waals surface area contributed by atoms with Gasteiger partial charge in [-0.1, -0.05) is 40.9 Å². The lowest BCUT2D eigenvalue weighted by molar-refractivity contribution is -0.139. The van der Waals surface area contributed by atoms with E-state index in [1.165, 1.54) is 0 Å². The molecule has 0 saturated carbocycles. The fourth-order valence-electron chi connectivity index (χ4n) is 5.55. The summed E-state index contributed by atoms with van der Waals surface area (Å²) in [5, 5.41) is 1.43. The van der Waals surface area contributed by atoms with Crippen molar-refractivity contribution in [3.8, 4) is 0 Å². The number of hydrogen-bond donors (Lipinski definition) is 0. The Morgan fingerprint density at radius 3 is 2.25 bits per heavy atom. The Kier molecular flexibility index (Phi) is 9.59. The molecule has 2 heterocycles. The Morgan fingerprint density at radius 2 is 1.60 bits per heavy atom. The molecule has 2 aromatic carbocycles. The molecule has 40 heavy (non-hydrogen) atoms. The minimum atomic E-state index is -0.599. The van der Waals surface area contributed by atoms with Gasteiger partial charge in [0.1, 0.15) is 5.60 Å². The van der Waals surface area contributed by atoms with Gasteiger partial charge in [0.15, 0.2) is 0 Å². The van der Waals surface area contributed by atoms with Crippen molar-refractivity contribution in [1.82, 2.24) is 14.7 Å². The zero-order valence-electron chi connectivity index (χ0n) is 23.3. The summed E-state index contributed by atoms with van der Waals surface area (Å²) in [4.78, 5) is 45.1. The first kappa shape index (κ1) is 30.5. The quantitative estimate of drug-likeness (QED) is 0.385. The maximum absolute atomic E-state index is 13.8. The number of carbonyl (C=O) groups is 3. The Hall–Kier alpha value is -2.48. The van der Waals surface area contributed by atoms with Gasteiger partial charge in [0.05, 0.1) is 16.0 Å². The van der Waals surface area contributed by atoms with Crippen molar-refractivity contribution in [1.29, 1.82) is 0 Å². The lowest BCUT2D eigenvalue weighted by atomic mass is 9.84. The third-order valence-corrected chi connectivity index (χ3v) is 8.58. The molecule has 10 heteroatoms. The highest BCUT2D eigenvalue weighted by Crippen LogP contribution is 2.35. The van der Waals surface area contributed by atoms with Crippen LogP contribution in [0.3, 0.4) is 0 Å². The number of nitrogens with zero attached hydrogens (tertiary/aromatic N) is 3. The van der Waals surface area contributed by atoms with Gasteiger partial charge in [-0.25, -0.2) is 4.79 Å². The van der Waals surface area contributed by atoms with Crippen molar-refractivity contribution >= 4 is 52.7 Å². The second-order valence-electron chi connectivity index (χ2n) is 11.6. The van der Waals surface area contributed by atoms with Gasteiger partial charge in [0.2, 0.25) is 5.91 Å². The van der Waals surface area contributed by atoms with Crippen LogP contribution in [0, 0.1) is 5.92 Å². The second kappa shape index (κ2) is 12.6. The van der Waals surface area contributed by atoms with E-state index in [1.807, 2.05) is 37.8 Å². The van der Waals surface area contributed by atoms with E-state index in [2.05, 4.69) is 0 Å². The molecule has 2 aliphatic rings. The van der Waals surface area contributed by atoms with E-state index in [9.17, 15) is 14.4 Å². The maximum atomic E-state index is 13.8. The number of carbonyl (C=O) groups excluding carboxylic acids is 3. The van der Waals surface area contributed by atoms with Gasteiger partial charge < -0.3 is 19.4 Å². The van der Waals surface area contributed by atoms with Gasteiger partial charge >= 0.3 is 6.09 Å². The number of likely N-dealkylation sites (N-methyl/N-ethyl adjacent to an activating group) is 1. The molecule has 3 atom stereocenters. The standard InChI is InChI=1S/C30H36Cl3N3O4/c1-30(2,3)40-29(39)36-14-5-6-21(17-36)28(38)35-15-13-26(23(18-35)20-9-12-24(32)25(33)16-20)34(4)27(37)19-7-10-22(31)11-8-19/h7-12,16,21,23,26H,5-6,13-15,17-18H2,1-4H3/t21?,23-,26+/m0/s1. The highest BCUT2D eigenvalue weighted by molar-refractivity contribution is 6.42. The summed E-state index contributed by atoms with van der Waals surface area (Å²) in [5.74, 6) is -0.588. The van der Waals surface area contributed by atoms with E-state index >= 15 is 0 Å². The SMILES string of the molecule is CN(C(=O)c1ccc(Cl)cc1)[C@@H]1CCN(C(=O)C2CCCN(C(=O)OC(C)(C)C)C2)C[C@H]1c1ccc(Cl)c(Cl)c1. The summed E-state index contributed by atoms with van der Waals surface area (Å²) in [6.45, 7) is 7.33. The summed E-state index contributed by atoms with van der Waals surface area (Å²) in [5.41, 5.74) is 0.854. The third-order valence-electron chi connectivity index (χ3n) is 7.59. The van der Waals surface area contributed by atoms with Crippen molar-refractivity contribution in [3.63, 3.8) is 0 Å². The first-order chi connectivity index (χ1) is 18.8. The molecule has 2 fully saturated rings. The molecular weight excluding hydrogens is 573 g/mol. The molecule has 2 aliphatic heterocycles. The molecule has 1 unspecified atom stereocenters. The lowest BCUT2D eigenvalue weighted by Gasteiger charge is -2.44. The number of benzene rings is 2. The summed E-state index contributed by atoms with van der Waals surface area (Å²) >= 11 is 18.6. The monoisotopic (exact) mass is 607 g/mol. The number of piperidine rings is 2. The van der Waals surface area contributed by atoms with Gasteiger partial charge in [-0.2, -0.15) is 0 Å². The van der Waals surface area contributed by atoms with E-state index in [4.69, 9.17) is 39.5 Å². The smallest absolute Gasteiger partial charge is 0.410 e. The summed E-state index contributed by atoms with van der Waals surface area (Å²) < 4.78 is 5.55. The van der Waals surface area contributed by atoms with Crippen molar-refractivity contribution < 1.29 is 19.1 Å². The Morgan fingerprint density at radius 1 is 0.900 bits per heavy atom. The molecule has 0 N–H and O–H groups in total. The van der Waals surface area contributed by atoms with Crippen molar-refractivity contribution in [3.05, 3.63) is 68.7 Å². The zero-order valence-corrected chi connectivity index (χ0v) is 25.6. The van der Waals surface area contributed by atoms with E-state index in [-0.39, 0.29) is 35.8 Å². The molecule has 216 valence electrons. The molecule has 4 rings (SSSR count). The van der Waals surface area contributed by atoms with Gasteiger partial charge in [0, 0.05) is 55.8 Å². The van der Waals surface area contributed by atoms with Crippen LogP contribution >= 0.6 is 34.8 Å². The largest absolute Gasteiger partial charge is 0.444 e. The molecule has 0 bridgehead atoms. The van der Waals surface area contributed by atoms with E-state index in [0.29, 0.717) is 59.7 Å². The topological polar surface area (TPSA) is 70.2 Å². The van der Waals surface area contributed by atoms with Crippen LogP contribution < -0.4 is 0 Å². The average Bonchev–Trinajstić information content (AvgIpc) is 2.92. The van der Waals surface area contributed by atoms with Crippen LogP contribution in [0.4, 0.5) is 4.79 Å². The van der Waals surface area contributed by atoms with Crippen LogP contribution in [0.25, 0.3) is 0 Å². The van der Waals surface area contributed by atoms with Crippen LogP contribution in [0.2, 0.25) is 15.1 Å². The first-order valence-corrected chi connectivity index (χ1v) is 14.7. The average molecular weight is 609 g/mol. The minimum Gasteiger partial charge on any atom is -0.444 e. The molecule has 3 amide bonds. The van der Waals surface area contributed by atoms with Crippen LogP contribution in [-0.4, -0.2) is 77.5 Å². The summed E-state index contributed by atoms with van der Waals surface area (Å²) in [6, 6.07) is 12.1. The van der Waals surface area contributed by atoms with Gasteiger partial charge in [0.25, 0.3) is 5.91 Å². The zero-order chi connectivity index (χ0) is 29.2. The Labute approximate surface area is 251 Å². The predicted molar refractivity (Wildman–Crippen MR) is 158 cm³/mol. The fraction of sp³-hybridized carbons (Fsp3) is 0.500. The highest BCUT2D eigenvalue weighted by Gasteiger charge is 2.40. The Bertz CT molecular complexity index is 1250. The molecular formula is C30H36Cl3N3O4. The number of amides is 3. The van der Waals surface area contributed by atoms with E-state index < -0.39 is 5.60 Å². The fourth-order valence-corrected chi connectivity index (χ4v) is 5.98. The highest BCUT2D eigenvalue weighted by atomic mass is 35.5. The predicted octanol–water partition coefficient (Wildman–Crippen LogP) is 6.75. The van der Waals surface area contributed by atoms with Gasteiger partial charge in [-0.15, -0.1) is 0 Å². The van der Waals surface area contributed by atoms with E-state index in [1.54, 1.807) is 47.2 Å². The summed E-state index contributed by atoms with van der Waals surface area (Å²) in [7, 11) is 1.80. The number of halogens is 3. The number of rotatable bonds is 4. The second-order valence-corrected chi connectivity index (χ2v) is 12.9. The van der Waals surface area contributed by atoms with Crippen molar-refractivity contribution in [2.24, 2.45) is 5.92 Å².